The maximum absolute atomic E-state index is 12.6. The second-order valence-corrected chi connectivity index (χ2v) is 6.13. The standard InChI is InChI=1S/C20H21NO3/c1-15-5-4-7-16(13-15)20(23)21-11-9-18(10-12-21)24-19-8-3-2-6-17(19)14-22/h2-8,13-14,18H,9-12H2,1H3. The van der Waals surface area contributed by atoms with Crippen molar-refractivity contribution in [1.82, 2.24) is 4.90 Å². The molecule has 2 aromatic rings. The fourth-order valence-corrected chi connectivity index (χ4v) is 3.00. The van der Waals surface area contributed by atoms with E-state index < -0.39 is 0 Å². The Morgan fingerprint density at radius 2 is 1.88 bits per heavy atom. The zero-order valence-electron chi connectivity index (χ0n) is 13.8. The van der Waals surface area contributed by atoms with Crippen molar-refractivity contribution in [2.45, 2.75) is 25.9 Å². The van der Waals surface area contributed by atoms with Gasteiger partial charge in [0.05, 0.1) is 5.56 Å². The molecule has 124 valence electrons. The van der Waals surface area contributed by atoms with E-state index >= 15 is 0 Å². The lowest BCUT2D eigenvalue weighted by atomic mass is 10.0. The Hall–Kier alpha value is -2.62. The van der Waals surface area contributed by atoms with Crippen LogP contribution in [0.2, 0.25) is 0 Å². The van der Waals surface area contributed by atoms with Gasteiger partial charge >= 0.3 is 0 Å². The first-order valence-electron chi connectivity index (χ1n) is 8.24. The molecule has 0 atom stereocenters. The monoisotopic (exact) mass is 323 g/mol. The van der Waals surface area contributed by atoms with Gasteiger partial charge in [0.1, 0.15) is 11.9 Å². The van der Waals surface area contributed by atoms with Crippen LogP contribution in [0.1, 0.15) is 39.1 Å². The van der Waals surface area contributed by atoms with Gasteiger partial charge in [-0.05, 0) is 31.2 Å². The quantitative estimate of drug-likeness (QED) is 0.809. The van der Waals surface area contributed by atoms with E-state index in [0.29, 0.717) is 24.4 Å². The lowest BCUT2D eigenvalue weighted by molar-refractivity contribution is 0.0594. The molecule has 3 rings (SSSR count). The average Bonchev–Trinajstić information content (AvgIpc) is 2.62. The number of carbonyl (C=O) groups excluding carboxylic acids is 2. The number of aryl methyl sites for hydroxylation is 1. The topological polar surface area (TPSA) is 46.6 Å². The summed E-state index contributed by atoms with van der Waals surface area (Å²) in [5.41, 5.74) is 2.39. The second kappa shape index (κ2) is 7.30. The number of carbonyl (C=O) groups is 2. The number of ether oxygens (including phenoxy) is 1. The van der Waals surface area contributed by atoms with Crippen molar-refractivity contribution in [2.24, 2.45) is 0 Å². The lowest BCUT2D eigenvalue weighted by Crippen LogP contribution is -2.41. The zero-order valence-corrected chi connectivity index (χ0v) is 13.8. The Kier molecular flexibility index (Phi) is 4.94. The molecule has 4 nitrogen and oxygen atoms in total. The number of para-hydroxylation sites is 1. The number of aldehydes is 1. The van der Waals surface area contributed by atoms with E-state index in [-0.39, 0.29) is 12.0 Å². The molecule has 0 aromatic heterocycles. The first-order valence-corrected chi connectivity index (χ1v) is 8.24. The highest BCUT2D eigenvalue weighted by Crippen LogP contribution is 2.22. The van der Waals surface area contributed by atoms with Crippen molar-refractivity contribution < 1.29 is 14.3 Å². The summed E-state index contributed by atoms with van der Waals surface area (Å²) in [6.45, 7) is 3.32. The van der Waals surface area contributed by atoms with Crippen LogP contribution in [-0.2, 0) is 0 Å². The molecule has 0 N–H and O–H groups in total. The Labute approximate surface area is 142 Å². The van der Waals surface area contributed by atoms with Crippen LogP contribution in [0.15, 0.2) is 48.5 Å². The van der Waals surface area contributed by atoms with Gasteiger partial charge in [0.25, 0.3) is 5.91 Å². The normalized spacial score (nSPS) is 15.1. The summed E-state index contributed by atoms with van der Waals surface area (Å²) < 4.78 is 5.96. The molecule has 0 saturated carbocycles. The van der Waals surface area contributed by atoms with Gasteiger partial charge in [-0.25, -0.2) is 0 Å². The number of likely N-dealkylation sites (tertiary alicyclic amines) is 1. The Bertz CT molecular complexity index is 733. The SMILES string of the molecule is Cc1cccc(C(=O)N2CCC(Oc3ccccc3C=O)CC2)c1. The van der Waals surface area contributed by atoms with Gasteiger partial charge in [-0.1, -0.05) is 29.8 Å². The number of hydrogen-bond acceptors (Lipinski definition) is 3. The van der Waals surface area contributed by atoms with Crippen LogP contribution in [0.25, 0.3) is 0 Å². The van der Waals surface area contributed by atoms with Gasteiger partial charge in [0.15, 0.2) is 6.29 Å². The van der Waals surface area contributed by atoms with Gasteiger partial charge < -0.3 is 9.64 Å². The zero-order chi connectivity index (χ0) is 16.9. The molecule has 1 fully saturated rings. The van der Waals surface area contributed by atoms with E-state index in [9.17, 15) is 9.59 Å². The third-order valence-corrected chi connectivity index (χ3v) is 4.33. The van der Waals surface area contributed by atoms with Crippen LogP contribution < -0.4 is 4.74 Å². The molecule has 0 aliphatic carbocycles. The maximum Gasteiger partial charge on any atom is 0.253 e. The first-order chi connectivity index (χ1) is 11.7. The molecule has 1 amide bonds. The van der Waals surface area contributed by atoms with Crippen molar-refractivity contribution in [2.75, 3.05) is 13.1 Å². The fourth-order valence-electron chi connectivity index (χ4n) is 3.00. The minimum absolute atomic E-state index is 0.0349. The van der Waals surface area contributed by atoms with E-state index in [2.05, 4.69) is 0 Å². The highest BCUT2D eigenvalue weighted by molar-refractivity contribution is 5.94. The predicted molar refractivity (Wildman–Crippen MR) is 92.6 cm³/mol. The molecule has 1 saturated heterocycles. The Morgan fingerprint density at radius 3 is 2.58 bits per heavy atom. The molecule has 0 unspecified atom stereocenters. The predicted octanol–water partition coefficient (Wildman–Crippen LogP) is 3.49. The number of nitrogens with zero attached hydrogens (tertiary/aromatic N) is 1. The highest BCUT2D eigenvalue weighted by Gasteiger charge is 2.25. The molecular formula is C20H21NO3. The number of rotatable bonds is 4. The fraction of sp³-hybridized carbons (Fsp3) is 0.300. The van der Waals surface area contributed by atoms with Crippen LogP contribution in [0.4, 0.5) is 0 Å². The molecule has 1 aliphatic rings. The van der Waals surface area contributed by atoms with Crippen molar-refractivity contribution in [3.05, 3.63) is 65.2 Å². The van der Waals surface area contributed by atoms with E-state index in [1.165, 1.54) is 0 Å². The summed E-state index contributed by atoms with van der Waals surface area (Å²) in [6.07, 6.45) is 2.38. The number of hydrogen-bond donors (Lipinski definition) is 0. The van der Waals surface area contributed by atoms with Gasteiger partial charge in [-0.15, -0.1) is 0 Å². The van der Waals surface area contributed by atoms with E-state index in [1.54, 1.807) is 6.07 Å². The second-order valence-electron chi connectivity index (χ2n) is 6.13. The van der Waals surface area contributed by atoms with Gasteiger partial charge in [0.2, 0.25) is 0 Å². The van der Waals surface area contributed by atoms with Gasteiger partial charge in [-0.2, -0.15) is 0 Å². The lowest BCUT2D eigenvalue weighted by Gasteiger charge is -2.32. The smallest absolute Gasteiger partial charge is 0.253 e. The number of piperidine rings is 1. The summed E-state index contributed by atoms with van der Waals surface area (Å²) >= 11 is 0. The number of amides is 1. The minimum atomic E-state index is 0.0349. The maximum atomic E-state index is 12.6. The highest BCUT2D eigenvalue weighted by atomic mass is 16.5. The van der Waals surface area contributed by atoms with Gasteiger partial charge in [-0.3, -0.25) is 9.59 Å². The molecule has 0 bridgehead atoms. The molecular weight excluding hydrogens is 302 g/mol. The summed E-state index contributed by atoms with van der Waals surface area (Å²) in [6, 6.07) is 14.9. The Morgan fingerprint density at radius 1 is 1.12 bits per heavy atom. The van der Waals surface area contributed by atoms with Crippen molar-refractivity contribution in [3.63, 3.8) is 0 Å². The van der Waals surface area contributed by atoms with Crippen molar-refractivity contribution in [1.29, 1.82) is 0 Å². The van der Waals surface area contributed by atoms with E-state index in [1.807, 2.05) is 54.3 Å². The minimum Gasteiger partial charge on any atom is -0.490 e. The number of benzene rings is 2. The largest absolute Gasteiger partial charge is 0.490 e. The van der Waals surface area contributed by atoms with Crippen molar-refractivity contribution >= 4 is 12.2 Å². The van der Waals surface area contributed by atoms with Crippen LogP contribution in [-0.4, -0.2) is 36.3 Å². The first kappa shape index (κ1) is 16.2. The van der Waals surface area contributed by atoms with Crippen LogP contribution in [0.5, 0.6) is 5.75 Å². The molecule has 2 aromatic carbocycles. The summed E-state index contributed by atoms with van der Waals surface area (Å²) in [5, 5.41) is 0. The third kappa shape index (κ3) is 3.65. The molecule has 0 radical (unpaired) electrons. The van der Waals surface area contributed by atoms with E-state index in [0.717, 1.165) is 30.3 Å². The molecule has 1 heterocycles. The summed E-state index contributed by atoms with van der Waals surface area (Å²) in [4.78, 5) is 25.5. The van der Waals surface area contributed by atoms with Crippen molar-refractivity contribution in [3.8, 4) is 5.75 Å². The molecule has 4 heteroatoms. The van der Waals surface area contributed by atoms with Crippen LogP contribution >= 0.6 is 0 Å². The summed E-state index contributed by atoms with van der Waals surface area (Å²) in [5.74, 6) is 0.696. The Balaban J connectivity index is 1.59. The van der Waals surface area contributed by atoms with Gasteiger partial charge in [0, 0.05) is 31.5 Å². The molecule has 24 heavy (non-hydrogen) atoms. The molecule has 0 spiro atoms. The average molecular weight is 323 g/mol. The summed E-state index contributed by atoms with van der Waals surface area (Å²) in [7, 11) is 0. The van der Waals surface area contributed by atoms with Crippen LogP contribution in [0, 0.1) is 6.92 Å². The third-order valence-electron chi connectivity index (χ3n) is 4.33. The molecule has 1 aliphatic heterocycles. The van der Waals surface area contributed by atoms with E-state index in [4.69, 9.17) is 4.74 Å². The van der Waals surface area contributed by atoms with Crippen LogP contribution in [0.3, 0.4) is 0 Å².